The number of nitrogens with zero attached hydrogens (tertiary/aromatic N) is 10. The molecule has 0 saturated carbocycles. The summed E-state index contributed by atoms with van der Waals surface area (Å²) in [4.78, 5) is 30.8. The maximum atomic E-state index is 5.27. The van der Waals surface area contributed by atoms with Crippen molar-refractivity contribution in [2.24, 2.45) is 0 Å². The summed E-state index contributed by atoms with van der Waals surface area (Å²) in [5.74, 6) is 1.61. The molecule has 13 heteroatoms. The normalized spacial score (nSPS) is 29.1. The van der Waals surface area contributed by atoms with Crippen LogP contribution in [-0.2, 0) is 16.4 Å². The van der Waals surface area contributed by atoms with Crippen LogP contribution in [0.5, 0.6) is 0 Å². The van der Waals surface area contributed by atoms with Crippen molar-refractivity contribution in [3.63, 3.8) is 0 Å². The highest BCUT2D eigenvalue weighted by atomic mass is 32.2. The Morgan fingerprint density at radius 2 is 1.61 bits per heavy atom. The predicted octanol–water partition coefficient (Wildman–Crippen LogP) is 3.85. The highest BCUT2D eigenvalue weighted by Gasteiger charge is 2.78. The molecule has 1 N–H and O–H groups in total. The second-order valence-corrected chi connectivity index (χ2v) is 14.0. The number of thiazole rings is 1. The quantitative estimate of drug-likeness (QED) is 0.276. The lowest BCUT2D eigenvalue weighted by molar-refractivity contribution is -0.180. The van der Waals surface area contributed by atoms with Gasteiger partial charge in [0.1, 0.15) is 21.8 Å². The highest BCUT2D eigenvalue weighted by molar-refractivity contribution is 8.00. The third-order valence-corrected chi connectivity index (χ3v) is 12.1. The Hall–Kier alpha value is -3.75. The molecule has 8 heterocycles. The molecule has 11 nitrogen and oxygen atoms in total. The van der Waals surface area contributed by atoms with Crippen LogP contribution in [0.1, 0.15) is 53.6 Å². The van der Waals surface area contributed by atoms with E-state index in [0.29, 0.717) is 12.4 Å². The van der Waals surface area contributed by atoms with Crippen molar-refractivity contribution in [1.29, 1.82) is 0 Å². The molecule has 3 saturated heterocycles. The monoisotopic (exact) mass is 649 g/mol. The van der Waals surface area contributed by atoms with E-state index in [4.69, 9.17) is 35.0 Å². The van der Waals surface area contributed by atoms with Crippen molar-refractivity contribution in [2.45, 2.75) is 47.4 Å². The third kappa shape index (κ3) is 4.29. The molecule has 234 valence electrons. The molecule has 0 aromatic carbocycles. The SMILES string of the molecule is c1ccc(C2(c3ncccn3)C(c3nccs3)(C3NCCS3)CCN(N3CCCCC3)C2(c2cnccn2)c2cccnn2)nc1. The van der Waals surface area contributed by atoms with E-state index in [2.05, 4.69) is 44.0 Å². The summed E-state index contributed by atoms with van der Waals surface area (Å²) in [6.07, 6.45) is 18.8. The van der Waals surface area contributed by atoms with Gasteiger partial charge < -0.3 is 5.32 Å². The first-order valence-corrected chi connectivity index (χ1v) is 17.8. The van der Waals surface area contributed by atoms with Gasteiger partial charge in [0.2, 0.25) is 0 Å². The lowest BCUT2D eigenvalue weighted by Gasteiger charge is -2.67. The van der Waals surface area contributed by atoms with Gasteiger partial charge in [-0.05, 0) is 49.6 Å². The molecule has 5 aromatic rings. The molecule has 3 aliphatic heterocycles. The molecule has 0 aliphatic carbocycles. The fourth-order valence-corrected chi connectivity index (χ4v) is 10.7. The summed E-state index contributed by atoms with van der Waals surface area (Å²) in [6.45, 7) is 3.43. The molecule has 4 atom stereocenters. The molecule has 3 aliphatic rings. The lowest BCUT2D eigenvalue weighted by Crippen LogP contribution is -2.79. The molecule has 5 aromatic heterocycles. The zero-order valence-corrected chi connectivity index (χ0v) is 27.0. The topological polar surface area (TPSA) is 122 Å². The molecule has 3 fully saturated rings. The van der Waals surface area contributed by atoms with E-state index >= 15 is 0 Å². The third-order valence-electron chi connectivity index (χ3n) is 9.80. The minimum Gasteiger partial charge on any atom is -0.304 e. The van der Waals surface area contributed by atoms with Gasteiger partial charge in [-0.25, -0.2) is 25.0 Å². The van der Waals surface area contributed by atoms with Crippen molar-refractivity contribution in [2.75, 3.05) is 31.9 Å². The van der Waals surface area contributed by atoms with Gasteiger partial charge in [-0.2, -0.15) is 10.2 Å². The molecule has 0 spiro atoms. The molecular formula is C33H35N11S2. The number of thioether (sulfide) groups is 1. The molecule has 4 unspecified atom stereocenters. The zero-order chi connectivity index (χ0) is 30.9. The van der Waals surface area contributed by atoms with E-state index in [1.807, 2.05) is 60.9 Å². The average Bonchev–Trinajstić information content (AvgIpc) is 3.89. The number of hydrazine groups is 1. The Bertz CT molecular complexity index is 1620. The van der Waals surface area contributed by atoms with E-state index < -0.39 is 16.4 Å². The Morgan fingerprint density at radius 1 is 0.761 bits per heavy atom. The fraction of sp³-hybridized carbons (Fsp3) is 0.394. The van der Waals surface area contributed by atoms with Gasteiger partial charge in [-0.3, -0.25) is 15.0 Å². The van der Waals surface area contributed by atoms with Gasteiger partial charge in [0, 0.05) is 80.7 Å². The van der Waals surface area contributed by atoms with Crippen LogP contribution in [0.3, 0.4) is 0 Å². The van der Waals surface area contributed by atoms with Crippen LogP contribution in [-0.4, -0.2) is 87.4 Å². The van der Waals surface area contributed by atoms with Crippen LogP contribution in [0.2, 0.25) is 0 Å². The number of nitrogens with one attached hydrogen (secondary N) is 1. The first kappa shape index (κ1) is 29.6. The molecule has 8 rings (SSSR count). The molecular weight excluding hydrogens is 615 g/mol. The first-order chi connectivity index (χ1) is 22.8. The van der Waals surface area contributed by atoms with Crippen LogP contribution in [0, 0.1) is 0 Å². The van der Waals surface area contributed by atoms with Crippen LogP contribution in [0.25, 0.3) is 0 Å². The fourth-order valence-electron chi connectivity index (χ4n) is 8.25. The smallest absolute Gasteiger partial charge is 0.144 e. The van der Waals surface area contributed by atoms with Gasteiger partial charge in [0.25, 0.3) is 0 Å². The number of hydrogen-bond donors (Lipinski definition) is 1. The van der Waals surface area contributed by atoms with Crippen molar-refractivity contribution >= 4 is 23.1 Å². The number of pyridine rings is 1. The first-order valence-electron chi connectivity index (χ1n) is 15.8. The highest BCUT2D eigenvalue weighted by Crippen LogP contribution is 2.67. The zero-order valence-electron chi connectivity index (χ0n) is 25.4. The summed E-state index contributed by atoms with van der Waals surface area (Å²) in [5.41, 5.74) is -0.678. The number of hydrogen-bond acceptors (Lipinski definition) is 13. The maximum Gasteiger partial charge on any atom is 0.144 e. The number of piperidine rings is 2. The van der Waals surface area contributed by atoms with Crippen LogP contribution >= 0.6 is 23.1 Å². The van der Waals surface area contributed by atoms with Crippen molar-refractivity contribution in [3.8, 4) is 0 Å². The molecule has 0 amide bonds. The van der Waals surface area contributed by atoms with E-state index in [1.165, 1.54) is 6.42 Å². The molecule has 0 bridgehead atoms. The second-order valence-electron chi connectivity index (χ2n) is 11.8. The minimum atomic E-state index is -1.14. The predicted molar refractivity (Wildman–Crippen MR) is 177 cm³/mol. The van der Waals surface area contributed by atoms with E-state index in [9.17, 15) is 0 Å². The van der Waals surface area contributed by atoms with Crippen molar-refractivity contribution < 1.29 is 0 Å². The summed E-state index contributed by atoms with van der Waals surface area (Å²) >= 11 is 3.62. The summed E-state index contributed by atoms with van der Waals surface area (Å²) in [6, 6.07) is 12.1. The summed E-state index contributed by atoms with van der Waals surface area (Å²) < 4.78 is 0. The maximum absolute atomic E-state index is 5.27. The van der Waals surface area contributed by atoms with Crippen LogP contribution in [0.15, 0.2) is 91.4 Å². The van der Waals surface area contributed by atoms with Gasteiger partial charge >= 0.3 is 0 Å². The van der Waals surface area contributed by atoms with E-state index in [-0.39, 0.29) is 5.37 Å². The van der Waals surface area contributed by atoms with Crippen LogP contribution in [0.4, 0.5) is 0 Å². The Kier molecular flexibility index (Phi) is 8.02. The van der Waals surface area contributed by atoms with Crippen molar-refractivity contribution in [1.82, 2.24) is 55.4 Å². The summed E-state index contributed by atoms with van der Waals surface area (Å²) in [5, 5.41) is 21.5. The van der Waals surface area contributed by atoms with Gasteiger partial charge in [-0.15, -0.1) is 23.1 Å². The van der Waals surface area contributed by atoms with Crippen molar-refractivity contribution in [3.05, 3.63) is 119 Å². The van der Waals surface area contributed by atoms with Crippen LogP contribution < -0.4 is 5.32 Å². The standard InChI is InChI=1S/C33H35N11S2/c1-4-19-43(20-5-1)44-21-10-31(29-39-17-22-45-29,30-40-18-23-46-30)32(25-8-2-3-11-35-25,28-37-12-7-13-38-28)33(44,26-9-6-14-41-42-26)27-24-34-15-16-36-27/h2-3,6-9,11-17,22,24,30,40H,1,4-5,10,18-21,23H2. The number of rotatable bonds is 7. The Labute approximate surface area is 276 Å². The van der Waals surface area contributed by atoms with E-state index in [0.717, 1.165) is 66.7 Å². The van der Waals surface area contributed by atoms with Gasteiger partial charge in [0.15, 0.2) is 0 Å². The summed E-state index contributed by atoms with van der Waals surface area (Å²) in [7, 11) is 0. The minimum absolute atomic E-state index is 0.0410. The Morgan fingerprint density at radius 3 is 2.30 bits per heavy atom. The molecule has 46 heavy (non-hydrogen) atoms. The van der Waals surface area contributed by atoms with Gasteiger partial charge in [-0.1, -0.05) is 12.5 Å². The van der Waals surface area contributed by atoms with E-state index in [1.54, 1.807) is 29.9 Å². The molecule has 0 radical (unpaired) electrons. The Balaban J connectivity index is 1.63. The lowest BCUT2D eigenvalue weighted by atomic mass is 9.46. The largest absolute Gasteiger partial charge is 0.304 e. The second kappa shape index (κ2) is 12.5. The van der Waals surface area contributed by atoms with Gasteiger partial charge in [0.05, 0.1) is 34.1 Å². The number of aromatic nitrogens is 8. The average molecular weight is 650 g/mol.